The van der Waals surface area contributed by atoms with Crippen LogP contribution in [-0.2, 0) is 57.3 Å². The van der Waals surface area contributed by atoms with Crippen molar-refractivity contribution in [1.29, 1.82) is 0 Å². The Bertz CT molecular complexity index is 1210. The molecule has 0 radical (unpaired) electrons. The van der Waals surface area contributed by atoms with Crippen LogP contribution in [0.4, 0.5) is 0 Å². The Morgan fingerprint density at radius 2 is 0.500 bits per heavy atom. The van der Waals surface area contributed by atoms with E-state index in [4.69, 9.17) is 18.9 Å². The molecular weight excluding hydrogens is 728 g/mol. The van der Waals surface area contributed by atoms with Gasteiger partial charge in [0, 0.05) is 28.2 Å². The van der Waals surface area contributed by atoms with Gasteiger partial charge in [0.15, 0.2) is 24.4 Å². The van der Waals surface area contributed by atoms with Gasteiger partial charge in [-0.1, -0.05) is 55.4 Å². The highest BCUT2D eigenvalue weighted by molar-refractivity contribution is 5.94. The molecule has 1 heterocycles. The van der Waals surface area contributed by atoms with Crippen LogP contribution in [0.25, 0.3) is 0 Å². The van der Waals surface area contributed by atoms with Gasteiger partial charge in [-0.05, 0) is 77.0 Å². The molecule has 0 saturated carbocycles. The molecule has 320 valence electrons. The summed E-state index contributed by atoms with van der Waals surface area (Å²) >= 11 is 0. The number of hydrogen-bond donors (Lipinski definition) is 0. The third-order valence-corrected chi connectivity index (χ3v) is 9.69. The average Bonchev–Trinajstić information content (AvgIpc) is 3.10. The number of amides is 4. The monoisotopic (exact) mass is 796 g/mol. The zero-order valence-electron chi connectivity index (χ0n) is 36.4. The fraction of sp³-hybridized carbons (Fsp3) is 0.800. The van der Waals surface area contributed by atoms with Gasteiger partial charge in [0.05, 0.1) is 0 Å². The van der Waals surface area contributed by atoms with Gasteiger partial charge in [-0.25, -0.2) is 19.2 Å². The lowest BCUT2D eigenvalue weighted by atomic mass is 10.0. The molecule has 0 unspecified atom stereocenters. The van der Waals surface area contributed by atoms with Crippen LogP contribution in [-0.4, -0.2) is 144 Å². The molecule has 0 aromatic heterocycles. The SMILES string of the molecule is CC(C)C[C@H]1C(=O)O[C@H](C)C(=O)N(C)[C@@H](CC(C)C)C(=O)O[C@H](C)C(=O)N(C)[C@@H](CC(C)C)C(=O)O[C@H](C)C(=O)N(C)[C@@H](CC(C)C)C(=O)O[C@H](C)C(=O)N1C. The molecule has 16 heteroatoms. The predicted octanol–water partition coefficient (Wildman–Crippen LogP) is 3.22. The molecule has 4 amide bonds. The first-order valence-corrected chi connectivity index (χ1v) is 19.6. The summed E-state index contributed by atoms with van der Waals surface area (Å²) in [5.74, 6) is -6.88. The third kappa shape index (κ3) is 14.1. The highest BCUT2D eigenvalue weighted by Crippen LogP contribution is 2.22. The maximum atomic E-state index is 13.7. The Labute approximate surface area is 333 Å². The summed E-state index contributed by atoms with van der Waals surface area (Å²) in [4.78, 5) is 114. The summed E-state index contributed by atoms with van der Waals surface area (Å²) in [6, 6.07) is -4.72. The van der Waals surface area contributed by atoms with Crippen LogP contribution in [0.1, 0.15) is 109 Å². The van der Waals surface area contributed by atoms with Gasteiger partial charge in [0.2, 0.25) is 0 Å². The van der Waals surface area contributed by atoms with E-state index in [1.165, 1.54) is 55.9 Å². The van der Waals surface area contributed by atoms with Crippen molar-refractivity contribution in [1.82, 2.24) is 19.6 Å². The zero-order chi connectivity index (χ0) is 43.5. The molecule has 1 rings (SSSR count). The van der Waals surface area contributed by atoms with E-state index in [1.807, 2.05) is 55.4 Å². The predicted molar refractivity (Wildman–Crippen MR) is 206 cm³/mol. The van der Waals surface area contributed by atoms with Crippen molar-refractivity contribution in [2.75, 3.05) is 28.2 Å². The van der Waals surface area contributed by atoms with Crippen LogP contribution in [0.15, 0.2) is 0 Å². The lowest BCUT2D eigenvalue weighted by Gasteiger charge is -2.34. The molecule has 0 bridgehead atoms. The van der Waals surface area contributed by atoms with Crippen molar-refractivity contribution in [2.45, 2.75) is 157 Å². The highest BCUT2D eigenvalue weighted by Gasteiger charge is 2.41. The minimum atomic E-state index is -1.39. The average molecular weight is 797 g/mol. The number of carbonyl (C=O) groups is 8. The molecule has 1 aliphatic rings. The molecule has 8 atom stereocenters. The largest absolute Gasteiger partial charge is 0.451 e. The molecule has 16 nitrogen and oxygen atoms in total. The summed E-state index contributed by atoms with van der Waals surface area (Å²) in [6.45, 7) is 20.1. The molecule has 1 aliphatic heterocycles. The molecule has 1 saturated heterocycles. The van der Waals surface area contributed by atoms with Crippen molar-refractivity contribution in [3.63, 3.8) is 0 Å². The number of esters is 4. The summed E-state index contributed by atoms with van der Waals surface area (Å²) in [7, 11) is 5.45. The molecule has 0 aliphatic carbocycles. The van der Waals surface area contributed by atoms with E-state index in [2.05, 4.69) is 0 Å². The highest BCUT2D eigenvalue weighted by atomic mass is 16.6. The van der Waals surface area contributed by atoms with Crippen LogP contribution >= 0.6 is 0 Å². The van der Waals surface area contributed by atoms with E-state index in [1.54, 1.807) is 0 Å². The molecule has 1 fully saturated rings. The minimum absolute atomic E-state index is 0.109. The lowest BCUT2D eigenvalue weighted by Crippen LogP contribution is -2.54. The van der Waals surface area contributed by atoms with Crippen molar-refractivity contribution in [2.24, 2.45) is 23.7 Å². The summed E-state index contributed by atoms with van der Waals surface area (Å²) in [5.41, 5.74) is 0. The Morgan fingerprint density at radius 1 is 0.357 bits per heavy atom. The van der Waals surface area contributed by atoms with Gasteiger partial charge >= 0.3 is 23.9 Å². The van der Waals surface area contributed by atoms with E-state index < -0.39 is 96.1 Å². The normalized spacial score (nSPS) is 28.2. The Morgan fingerprint density at radius 3 is 0.625 bits per heavy atom. The number of ether oxygens (including phenoxy) is 4. The fourth-order valence-electron chi connectivity index (χ4n) is 6.41. The number of carbonyl (C=O) groups excluding carboxylic acids is 8. The maximum absolute atomic E-state index is 13.7. The molecule has 0 spiro atoms. The Hall–Kier alpha value is -4.24. The van der Waals surface area contributed by atoms with Gasteiger partial charge in [0.25, 0.3) is 23.6 Å². The second-order valence-electron chi connectivity index (χ2n) is 16.7. The summed E-state index contributed by atoms with van der Waals surface area (Å²) in [5, 5.41) is 0. The maximum Gasteiger partial charge on any atom is 0.329 e. The Balaban J connectivity index is 3.82. The van der Waals surface area contributed by atoms with Crippen LogP contribution < -0.4 is 0 Å². The van der Waals surface area contributed by atoms with E-state index >= 15 is 0 Å². The second kappa shape index (κ2) is 21.9. The minimum Gasteiger partial charge on any atom is -0.451 e. The number of likely N-dealkylation sites (N-methyl/N-ethyl adjacent to an activating group) is 4. The lowest BCUT2D eigenvalue weighted by molar-refractivity contribution is -0.175. The number of rotatable bonds is 8. The van der Waals surface area contributed by atoms with Gasteiger partial charge in [-0.2, -0.15) is 0 Å². The quantitative estimate of drug-likeness (QED) is 0.258. The fourth-order valence-corrected chi connectivity index (χ4v) is 6.41. The summed E-state index contributed by atoms with van der Waals surface area (Å²) in [6.07, 6.45) is -5.01. The molecule has 0 aromatic carbocycles. The number of cyclic esters (lactones) is 4. The van der Waals surface area contributed by atoms with Crippen molar-refractivity contribution in [3.05, 3.63) is 0 Å². The van der Waals surface area contributed by atoms with E-state index in [0.29, 0.717) is 0 Å². The van der Waals surface area contributed by atoms with E-state index in [-0.39, 0.29) is 49.4 Å². The smallest absolute Gasteiger partial charge is 0.329 e. The van der Waals surface area contributed by atoms with Gasteiger partial charge in [-0.3, -0.25) is 19.2 Å². The first-order chi connectivity index (χ1) is 25.7. The standard InChI is InChI=1S/C40H68N4O12/c1-21(2)17-29-37(49)53-26(10)34(46)42(14)31(19-23(5)6)39(51)55-28(12)36(48)44(16)32(20-24(7)8)40(52)56-27(11)35(47)43(15)30(18-22(3)4)38(50)54-25(9)33(45)41(29)13/h21-32H,17-20H2,1-16H3/t25-,26-,27-,28-,29+,30+,31+,32+/m1/s1. The van der Waals surface area contributed by atoms with Gasteiger partial charge in [-0.15, -0.1) is 0 Å². The van der Waals surface area contributed by atoms with Crippen LogP contribution in [0.5, 0.6) is 0 Å². The zero-order valence-corrected chi connectivity index (χ0v) is 36.4. The van der Waals surface area contributed by atoms with Crippen molar-refractivity contribution in [3.8, 4) is 0 Å². The number of hydrogen-bond acceptors (Lipinski definition) is 12. The van der Waals surface area contributed by atoms with Crippen LogP contribution in [0.3, 0.4) is 0 Å². The first kappa shape index (κ1) is 49.8. The molecular formula is C40H68N4O12. The van der Waals surface area contributed by atoms with Crippen LogP contribution in [0.2, 0.25) is 0 Å². The topological polar surface area (TPSA) is 186 Å². The molecule has 0 aromatic rings. The van der Waals surface area contributed by atoms with Crippen molar-refractivity contribution >= 4 is 47.5 Å². The van der Waals surface area contributed by atoms with Gasteiger partial charge < -0.3 is 38.5 Å². The summed E-state index contributed by atoms with van der Waals surface area (Å²) < 4.78 is 22.5. The molecule has 0 N–H and O–H groups in total. The van der Waals surface area contributed by atoms with Gasteiger partial charge in [0.1, 0.15) is 24.2 Å². The van der Waals surface area contributed by atoms with E-state index in [9.17, 15) is 38.4 Å². The van der Waals surface area contributed by atoms with Crippen molar-refractivity contribution < 1.29 is 57.3 Å². The molecule has 56 heavy (non-hydrogen) atoms. The second-order valence-corrected chi connectivity index (χ2v) is 16.7. The first-order valence-electron chi connectivity index (χ1n) is 19.6. The number of nitrogens with zero attached hydrogens (tertiary/aromatic N) is 4. The van der Waals surface area contributed by atoms with Crippen LogP contribution in [0, 0.1) is 23.7 Å². The van der Waals surface area contributed by atoms with E-state index in [0.717, 1.165) is 19.6 Å². The Kier molecular flexibility index (Phi) is 19.5. The third-order valence-electron chi connectivity index (χ3n) is 9.69.